The molecule has 0 saturated heterocycles. The van der Waals surface area contributed by atoms with Crippen LogP contribution < -0.4 is 0 Å². The van der Waals surface area contributed by atoms with Gasteiger partial charge in [-0.25, -0.2) is 4.98 Å². The first-order chi connectivity index (χ1) is 9.90. The normalized spacial score (nSPS) is 14.3. The Labute approximate surface area is 128 Å². The van der Waals surface area contributed by atoms with Gasteiger partial charge in [-0.05, 0) is 31.2 Å². The van der Waals surface area contributed by atoms with E-state index in [4.69, 9.17) is 11.6 Å². The van der Waals surface area contributed by atoms with Crippen molar-refractivity contribution < 1.29 is 9.72 Å². The largest absolute Gasteiger partial charge is 0.335 e. The lowest BCUT2D eigenvalue weighted by atomic mass is 10.1. The quantitative estimate of drug-likeness (QED) is 0.459. The Morgan fingerprint density at radius 3 is 2.76 bits per heavy atom. The van der Waals surface area contributed by atoms with Gasteiger partial charge in [-0.15, -0.1) is 0 Å². The summed E-state index contributed by atoms with van der Waals surface area (Å²) >= 11 is 5.79. The van der Waals surface area contributed by atoms with Crippen molar-refractivity contribution in [3.8, 4) is 0 Å². The van der Waals surface area contributed by atoms with Crippen LogP contribution in [0.15, 0.2) is 12.3 Å². The lowest BCUT2D eigenvalue weighted by Gasteiger charge is -2.23. The van der Waals surface area contributed by atoms with E-state index in [2.05, 4.69) is 18.8 Å². The maximum absolute atomic E-state index is 12.7. The summed E-state index contributed by atoms with van der Waals surface area (Å²) in [7, 11) is 0. The fraction of sp³-hybridized carbons (Fsp3) is 0.571. The molecule has 6 nitrogen and oxygen atoms in total. The van der Waals surface area contributed by atoms with Crippen molar-refractivity contribution in [3.05, 3.63) is 33.1 Å². The second kappa shape index (κ2) is 6.39. The van der Waals surface area contributed by atoms with Crippen LogP contribution in [0, 0.1) is 16.0 Å². The number of carbonyl (C=O) groups is 1. The van der Waals surface area contributed by atoms with E-state index < -0.39 is 4.92 Å². The zero-order chi connectivity index (χ0) is 15.6. The van der Waals surface area contributed by atoms with Crippen LogP contribution >= 0.6 is 11.6 Å². The van der Waals surface area contributed by atoms with Gasteiger partial charge >= 0.3 is 0 Å². The molecule has 0 atom stereocenters. The average molecular weight is 312 g/mol. The van der Waals surface area contributed by atoms with E-state index in [1.807, 2.05) is 0 Å². The number of hydrogen-bond acceptors (Lipinski definition) is 4. The lowest BCUT2D eigenvalue weighted by molar-refractivity contribution is -0.385. The molecule has 1 amide bonds. The van der Waals surface area contributed by atoms with E-state index in [0.29, 0.717) is 12.5 Å². The van der Waals surface area contributed by atoms with Crippen molar-refractivity contribution in [1.82, 2.24) is 9.88 Å². The highest BCUT2D eigenvalue weighted by Crippen LogP contribution is 2.31. The molecule has 0 N–H and O–H groups in total. The summed E-state index contributed by atoms with van der Waals surface area (Å²) in [5, 5.41) is 11.2. The highest BCUT2D eigenvalue weighted by molar-refractivity contribution is 6.29. The van der Waals surface area contributed by atoms with Crippen molar-refractivity contribution in [3.63, 3.8) is 0 Å². The van der Waals surface area contributed by atoms with E-state index in [9.17, 15) is 14.9 Å². The molecule has 0 unspecified atom stereocenters. The first-order valence-electron chi connectivity index (χ1n) is 7.01. The van der Waals surface area contributed by atoms with Crippen LogP contribution in [-0.4, -0.2) is 33.3 Å². The molecule has 0 aromatic carbocycles. The molecular weight excluding hydrogens is 294 g/mol. The molecule has 0 radical (unpaired) electrons. The van der Waals surface area contributed by atoms with E-state index in [-0.39, 0.29) is 28.4 Å². The molecule has 0 bridgehead atoms. The van der Waals surface area contributed by atoms with Gasteiger partial charge in [0.05, 0.1) is 4.92 Å². The number of hydrogen-bond donors (Lipinski definition) is 0. The minimum Gasteiger partial charge on any atom is -0.335 e. The first-order valence-corrected chi connectivity index (χ1v) is 7.39. The molecule has 2 rings (SSSR count). The van der Waals surface area contributed by atoms with Gasteiger partial charge in [0.1, 0.15) is 16.9 Å². The minimum atomic E-state index is -0.593. The summed E-state index contributed by atoms with van der Waals surface area (Å²) < 4.78 is 0. The zero-order valence-electron chi connectivity index (χ0n) is 12.1. The molecule has 1 aliphatic rings. The maximum Gasteiger partial charge on any atom is 0.300 e. The third-order valence-corrected chi connectivity index (χ3v) is 3.68. The van der Waals surface area contributed by atoms with Gasteiger partial charge in [0, 0.05) is 12.6 Å². The fourth-order valence-electron chi connectivity index (χ4n) is 2.13. The second-order valence-electron chi connectivity index (χ2n) is 5.69. The molecule has 0 spiro atoms. The number of halogens is 1. The van der Waals surface area contributed by atoms with E-state index in [1.165, 1.54) is 6.07 Å². The summed E-state index contributed by atoms with van der Waals surface area (Å²) in [5.74, 6) is 0.143. The summed E-state index contributed by atoms with van der Waals surface area (Å²) in [6.07, 6.45) is 3.82. The Hall–Kier alpha value is -1.69. The second-order valence-corrected chi connectivity index (χ2v) is 6.08. The number of aromatic nitrogens is 1. The monoisotopic (exact) mass is 311 g/mol. The van der Waals surface area contributed by atoms with Crippen LogP contribution in [0.3, 0.4) is 0 Å². The van der Waals surface area contributed by atoms with Crippen molar-refractivity contribution in [1.29, 1.82) is 0 Å². The SMILES string of the molecule is CC(C)CCN(C(=O)c1cc(Cl)ncc1[N+](=O)[O-])C1CC1. The minimum absolute atomic E-state index is 0.0238. The predicted octanol–water partition coefficient (Wildman–Crippen LogP) is 3.29. The number of nitro groups is 1. The Balaban J connectivity index is 2.27. The maximum atomic E-state index is 12.7. The van der Waals surface area contributed by atoms with E-state index >= 15 is 0 Å². The van der Waals surface area contributed by atoms with Gasteiger partial charge in [0.2, 0.25) is 0 Å². The Bertz CT molecular complexity index is 558. The van der Waals surface area contributed by atoms with Gasteiger partial charge < -0.3 is 4.90 Å². The first kappa shape index (κ1) is 15.7. The predicted molar refractivity (Wildman–Crippen MR) is 79.4 cm³/mol. The van der Waals surface area contributed by atoms with E-state index in [0.717, 1.165) is 25.5 Å². The topological polar surface area (TPSA) is 76.3 Å². The summed E-state index contributed by atoms with van der Waals surface area (Å²) in [6, 6.07) is 1.48. The number of carbonyl (C=O) groups excluding carboxylic acids is 1. The molecule has 1 saturated carbocycles. The number of pyridine rings is 1. The fourth-order valence-corrected chi connectivity index (χ4v) is 2.29. The van der Waals surface area contributed by atoms with Gasteiger partial charge in [-0.2, -0.15) is 0 Å². The zero-order valence-corrected chi connectivity index (χ0v) is 12.8. The molecule has 1 aromatic rings. The molecule has 1 heterocycles. The van der Waals surface area contributed by atoms with Gasteiger partial charge in [0.25, 0.3) is 11.6 Å². The third kappa shape index (κ3) is 3.91. The third-order valence-electron chi connectivity index (χ3n) is 3.47. The summed E-state index contributed by atoms with van der Waals surface area (Å²) in [6.45, 7) is 4.78. The smallest absolute Gasteiger partial charge is 0.300 e. The molecule has 1 fully saturated rings. The van der Waals surface area contributed by atoms with Crippen LogP contribution in [0.4, 0.5) is 5.69 Å². The van der Waals surface area contributed by atoms with Crippen LogP contribution in [-0.2, 0) is 0 Å². The number of amides is 1. The van der Waals surface area contributed by atoms with Crippen LogP contribution in [0.2, 0.25) is 5.15 Å². The highest BCUT2D eigenvalue weighted by Gasteiger charge is 2.35. The van der Waals surface area contributed by atoms with Crippen LogP contribution in [0.25, 0.3) is 0 Å². The highest BCUT2D eigenvalue weighted by atomic mass is 35.5. The van der Waals surface area contributed by atoms with Crippen molar-refractivity contribution in [2.75, 3.05) is 6.54 Å². The van der Waals surface area contributed by atoms with Crippen molar-refractivity contribution >= 4 is 23.2 Å². The number of rotatable bonds is 6. The molecule has 7 heteroatoms. The lowest BCUT2D eigenvalue weighted by Crippen LogP contribution is -2.35. The summed E-state index contributed by atoms with van der Waals surface area (Å²) in [5.41, 5.74) is -0.268. The molecule has 1 aromatic heterocycles. The van der Waals surface area contributed by atoms with Crippen molar-refractivity contribution in [2.45, 2.75) is 39.2 Å². The Kier molecular flexibility index (Phi) is 4.77. The molecule has 21 heavy (non-hydrogen) atoms. The molecule has 1 aliphatic carbocycles. The van der Waals surface area contributed by atoms with Gasteiger partial charge in [-0.1, -0.05) is 25.4 Å². The Morgan fingerprint density at radius 2 is 2.24 bits per heavy atom. The van der Waals surface area contributed by atoms with Crippen LogP contribution in [0.5, 0.6) is 0 Å². The molecular formula is C14H18ClN3O3. The standard InChI is InChI=1S/C14H18ClN3O3/c1-9(2)5-6-17(10-3-4-10)14(19)11-7-13(15)16-8-12(11)18(20)21/h7-10H,3-6H2,1-2H3. The van der Waals surface area contributed by atoms with Gasteiger partial charge in [-0.3, -0.25) is 14.9 Å². The van der Waals surface area contributed by atoms with Gasteiger partial charge in [0.15, 0.2) is 0 Å². The molecule has 114 valence electrons. The van der Waals surface area contributed by atoms with E-state index in [1.54, 1.807) is 4.90 Å². The Morgan fingerprint density at radius 1 is 1.57 bits per heavy atom. The number of nitrogens with zero attached hydrogens (tertiary/aromatic N) is 3. The molecule has 0 aliphatic heterocycles. The summed E-state index contributed by atoms with van der Waals surface area (Å²) in [4.78, 5) is 28.5. The average Bonchev–Trinajstić information content (AvgIpc) is 3.22. The van der Waals surface area contributed by atoms with Crippen LogP contribution in [0.1, 0.15) is 43.5 Å². The van der Waals surface area contributed by atoms with Crippen molar-refractivity contribution in [2.24, 2.45) is 5.92 Å².